The lowest BCUT2D eigenvalue weighted by Gasteiger charge is -2.28. The number of benzene rings is 4. The molecule has 1 aliphatic heterocycles. The highest BCUT2D eigenvalue weighted by atomic mass is 32.1. The second-order valence-corrected chi connectivity index (χ2v) is 12.5. The van der Waals surface area contributed by atoms with Crippen molar-refractivity contribution in [2.75, 3.05) is 20.8 Å². The number of allylic oxidation sites excluding steroid dienone is 1. The molecule has 1 aromatic heterocycles. The molecule has 6 rings (SSSR count). The number of aromatic carboxylic acids is 1. The zero-order valence-corrected chi connectivity index (χ0v) is 28.9. The summed E-state index contributed by atoms with van der Waals surface area (Å²) in [6.07, 6.45) is 3.01. The largest absolute Gasteiger partial charge is 0.496 e. The molecule has 0 spiro atoms. The number of carbonyl (C=O) groups excluding carboxylic acids is 1. The molecular weight excluding hydrogens is 657 g/mol. The Morgan fingerprint density at radius 1 is 0.940 bits per heavy atom. The molecule has 11 heteroatoms. The van der Waals surface area contributed by atoms with Crippen molar-refractivity contribution in [3.8, 4) is 17.2 Å². The first-order chi connectivity index (χ1) is 24.3. The van der Waals surface area contributed by atoms with Crippen LogP contribution in [0, 0.1) is 0 Å². The number of rotatable bonds is 12. The van der Waals surface area contributed by atoms with E-state index in [0.717, 1.165) is 17.2 Å². The van der Waals surface area contributed by atoms with Crippen LogP contribution in [0.25, 0.3) is 16.8 Å². The number of fused-ring (bicyclic) bond motifs is 2. The van der Waals surface area contributed by atoms with E-state index < -0.39 is 18.0 Å². The second-order valence-electron chi connectivity index (χ2n) is 11.5. The number of nitrogens with zero attached hydrogens (tertiary/aromatic N) is 2. The van der Waals surface area contributed by atoms with Crippen LogP contribution < -0.4 is 29.1 Å². The second kappa shape index (κ2) is 14.8. The molecule has 5 aromatic rings. The average Bonchev–Trinajstić information content (AvgIpc) is 3.43. The van der Waals surface area contributed by atoms with Crippen molar-refractivity contribution in [2.24, 2.45) is 4.99 Å². The summed E-state index contributed by atoms with van der Waals surface area (Å²) in [6.45, 7) is 4.07. The first-order valence-corrected chi connectivity index (χ1v) is 17.0. The van der Waals surface area contributed by atoms with E-state index in [0.29, 0.717) is 61.0 Å². The summed E-state index contributed by atoms with van der Waals surface area (Å²) in [5.74, 6) is -0.102. The van der Waals surface area contributed by atoms with Crippen molar-refractivity contribution in [3.05, 3.63) is 132 Å². The normalized spacial score (nSPS) is 14.2. The number of ether oxygens (including phenoxy) is 4. The molecule has 0 aliphatic carbocycles. The molecule has 1 N–H and O–H groups in total. The highest BCUT2D eigenvalue weighted by Crippen LogP contribution is 2.41. The average molecular weight is 693 g/mol. The number of aromatic nitrogens is 1. The number of hydrogen-bond donors (Lipinski definition) is 1. The minimum Gasteiger partial charge on any atom is -0.496 e. The Hall–Kier alpha value is -5.68. The number of methoxy groups -OCH3 is 2. The van der Waals surface area contributed by atoms with Crippen LogP contribution in [-0.4, -0.2) is 42.4 Å². The van der Waals surface area contributed by atoms with E-state index in [-0.39, 0.29) is 24.3 Å². The Morgan fingerprint density at radius 2 is 1.72 bits per heavy atom. The molecule has 0 unspecified atom stereocenters. The highest BCUT2D eigenvalue weighted by Gasteiger charge is 2.37. The van der Waals surface area contributed by atoms with Crippen molar-refractivity contribution >= 4 is 40.1 Å². The van der Waals surface area contributed by atoms with Crippen molar-refractivity contribution in [3.63, 3.8) is 0 Å². The molecule has 10 nitrogen and oxygen atoms in total. The van der Waals surface area contributed by atoms with Gasteiger partial charge in [-0.25, -0.2) is 14.6 Å². The van der Waals surface area contributed by atoms with E-state index >= 15 is 0 Å². The lowest BCUT2D eigenvalue weighted by atomic mass is 9.90. The van der Waals surface area contributed by atoms with E-state index in [9.17, 15) is 19.5 Å². The maximum atomic E-state index is 14.5. The molecule has 0 radical (unpaired) electrons. The molecule has 50 heavy (non-hydrogen) atoms. The number of carbonyl (C=O) groups is 2. The number of esters is 1. The predicted molar refractivity (Wildman–Crippen MR) is 191 cm³/mol. The Labute approximate surface area is 292 Å². The maximum absolute atomic E-state index is 14.5. The van der Waals surface area contributed by atoms with E-state index in [4.69, 9.17) is 23.9 Å². The third kappa shape index (κ3) is 6.64. The zero-order chi connectivity index (χ0) is 35.4. The smallest absolute Gasteiger partial charge is 0.338 e. The molecule has 1 atom stereocenters. The Morgan fingerprint density at radius 3 is 2.46 bits per heavy atom. The molecule has 1 aliphatic rings. The van der Waals surface area contributed by atoms with E-state index in [1.54, 1.807) is 55.0 Å². The fourth-order valence-corrected chi connectivity index (χ4v) is 7.15. The number of thiazole rings is 1. The van der Waals surface area contributed by atoms with Gasteiger partial charge in [-0.2, -0.15) is 0 Å². The molecule has 0 saturated heterocycles. The molecule has 0 saturated carbocycles. The summed E-state index contributed by atoms with van der Waals surface area (Å²) in [5.41, 5.74) is 2.82. The maximum Gasteiger partial charge on any atom is 0.338 e. The van der Waals surface area contributed by atoms with Crippen LogP contribution in [0.15, 0.2) is 99.9 Å². The van der Waals surface area contributed by atoms with Gasteiger partial charge in [0.05, 0.1) is 42.2 Å². The van der Waals surface area contributed by atoms with Crippen molar-refractivity contribution in [1.29, 1.82) is 0 Å². The molecule has 256 valence electrons. The Balaban J connectivity index is 1.47. The summed E-state index contributed by atoms with van der Waals surface area (Å²) in [5, 5.41) is 11.1. The Kier molecular flexibility index (Phi) is 10.1. The van der Waals surface area contributed by atoms with Gasteiger partial charge in [0.2, 0.25) is 0 Å². The molecule has 0 amide bonds. The number of carboxylic acid groups (broad SMARTS) is 1. The van der Waals surface area contributed by atoms with Gasteiger partial charge in [-0.1, -0.05) is 73.2 Å². The minimum absolute atomic E-state index is 0.135. The monoisotopic (exact) mass is 692 g/mol. The van der Waals surface area contributed by atoms with Gasteiger partial charge in [-0.3, -0.25) is 9.36 Å². The summed E-state index contributed by atoms with van der Waals surface area (Å²) >= 11 is 1.24. The molecular formula is C39H36N2O8S. The van der Waals surface area contributed by atoms with Crippen LogP contribution in [0.2, 0.25) is 0 Å². The van der Waals surface area contributed by atoms with E-state index in [1.165, 1.54) is 24.5 Å². The van der Waals surface area contributed by atoms with E-state index in [2.05, 4.69) is 0 Å². The number of carboxylic acids is 1. The summed E-state index contributed by atoms with van der Waals surface area (Å²) in [6, 6.07) is 22.6. The van der Waals surface area contributed by atoms with Crippen LogP contribution in [-0.2, 0) is 16.1 Å². The van der Waals surface area contributed by atoms with Crippen LogP contribution in [0.5, 0.6) is 17.2 Å². The van der Waals surface area contributed by atoms with Gasteiger partial charge < -0.3 is 24.1 Å². The van der Waals surface area contributed by atoms with Gasteiger partial charge in [0, 0.05) is 5.56 Å². The van der Waals surface area contributed by atoms with Crippen molar-refractivity contribution in [2.45, 2.75) is 39.3 Å². The van der Waals surface area contributed by atoms with Gasteiger partial charge in [0.1, 0.15) is 18.4 Å². The van der Waals surface area contributed by atoms with Crippen molar-refractivity contribution < 1.29 is 33.6 Å². The Bertz CT molecular complexity index is 2320. The summed E-state index contributed by atoms with van der Waals surface area (Å²) in [7, 11) is 3.10. The minimum atomic E-state index is -1.01. The summed E-state index contributed by atoms with van der Waals surface area (Å²) < 4.78 is 25.0. The van der Waals surface area contributed by atoms with Gasteiger partial charge in [-0.05, 0) is 71.7 Å². The first kappa shape index (κ1) is 34.2. The van der Waals surface area contributed by atoms with Crippen LogP contribution in [0.4, 0.5) is 0 Å². The summed E-state index contributed by atoms with van der Waals surface area (Å²) in [4.78, 5) is 44.9. The van der Waals surface area contributed by atoms with Gasteiger partial charge in [0.15, 0.2) is 16.3 Å². The molecule has 0 bridgehead atoms. The molecule has 0 fully saturated rings. The van der Waals surface area contributed by atoms with Crippen LogP contribution >= 0.6 is 11.3 Å². The van der Waals surface area contributed by atoms with Gasteiger partial charge in [-0.15, -0.1) is 0 Å². The van der Waals surface area contributed by atoms with Crippen LogP contribution in [0.3, 0.4) is 0 Å². The zero-order valence-electron chi connectivity index (χ0n) is 28.1. The molecule has 4 aromatic carbocycles. The lowest BCUT2D eigenvalue weighted by molar-refractivity contribution is -0.139. The fraction of sp³-hybridized carbons (Fsp3) is 0.231. The van der Waals surface area contributed by atoms with E-state index in [1.807, 2.05) is 49.4 Å². The standard InChI is InChI=1S/C39H36N2O8S/c1-5-10-28-34(38(45)48-6-2)35(33-27-14-8-7-12-25(27)16-18-30(33)46-3)41-36(42)32(50-39(41)40-28)21-23-15-17-29(31(20-23)47-4)49-22-24-11-9-13-26(19-24)37(43)44/h7-9,11-21,35H,5-6,10,22H2,1-4H3,(H,43,44)/b32-21-/t35-/m0/s1. The van der Waals surface area contributed by atoms with Crippen LogP contribution in [0.1, 0.15) is 59.8 Å². The van der Waals surface area contributed by atoms with Crippen molar-refractivity contribution in [1.82, 2.24) is 4.57 Å². The SMILES string of the molecule is CCCC1=C(C(=O)OCC)[C@H](c2c(OC)ccc3ccccc23)n2c(s/c(=C\c3ccc(OCc4cccc(C(=O)O)c4)c(OC)c3)c2=O)=N1. The first-order valence-electron chi connectivity index (χ1n) is 16.2. The quantitative estimate of drug-likeness (QED) is 0.157. The highest BCUT2D eigenvalue weighted by molar-refractivity contribution is 7.07. The third-order valence-corrected chi connectivity index (χ3v) is 9.35. The van der Waals surface area contributed by atoms with Gasteiger partial charge in [0.25, 0.3) is 5.56 Å². The lowest BCUT2D eigenvalue weighted by Crippen LogP contribution is -2.40. The number of hydrogen-bond acceptors (Lipinski definition) is 9. The molecule has 2 heterocycles. The predicted octanol–water partition coefficient (Wildman–Crippen LogP) is 6.03. The van der Waals surface area contributed by atoms with Gasteiger partial charge >= 0.3 is 11.9 Å². The third-order valence-electron chi connectivity index (χ3n) is 8.37. The fourth-order valence-electron chi connectivity index (χ4n) is 6.13. The topological polar surface area (TPSA) is 126 Å².